The lowest BCUT2D eigenvalue weighted by Crippen LogP contribution is -2.50. The number of hydrogen-bond donors (Lipinski definition) is 4. The molecule has 5 N–H and O–H groups in total. The van der Waals surface area contributed by atoms with Gasteiger partial charge in [-0.15, -0.1) is 0 Å². The van der Waals surface area contributed by atoms with Crippen LogP contribution in [0, 0.1) is 0 Å². The Balaban J connectivity index is 1.75. The summed E-state index contributed by atoms with van der Waals surface area (Å²) in [7, 11) is 0. The molecule has 2 aromatic rings. The molecule has 11 heteroatoms. The van der Waals surface area contributed by atoms with E-state index in [4.69, 9.17) is 17.3 Å². The Bertz CT molecular complexity index is 852. The molecule has 1 aromatic heterocycles. The van der Waals surface area contributed by atoms with E-state index in [2.05, 4.69) is 25.6 Å². The van der Waals surface area contributed by atoms with E-state index in [-0.39, 0.29) is 17.2 Å². The standard InChI is InChI=1S/C17H20ClN7O3/c18-15-22-16(20-10-5-2-1-3-6-10)24-17(23-15)21-11(9-26)14(28)25-8-4-7-12(25)13(19)27/h1-3,5-6,11-12,26H,4,7-9H2,(H2,19,27)(H2,20,21,22,23,24)/t11-,12-/m0/s1. The van der Waals surface area contributed by atoms with Gasteiger partial charge in [0.2, 0.25) is 29.0 Å². The van der Waals surface area contributed by atoms with Gasteiger partial charge in [-0.1, -0.05) is 18.2 Å². The van der Waals surface area contributed by atoms with E-state index in [0.29, 0.717) is 19.4 Å². The molecule has 1 fully saturated rings. The Morgan fingerprint density at radius 3 is 2.64 bits per heavy atom. The zero-order valence-corrected chi connectivity index (χ0v) is 15.6. The number of halogens is 1. The number of primary amides is 1. The van der Waals surface area contributed by atoms with Crippen LogP contribution < -0.4 is 16.4 Å². The largest absolute Gasteiger partial charge is 0.394 e. The monoisotopic (exact) mass is 405 g/mol. The molecule has 1 aliphatic rings. The maximum atomic E-state index is 12.7. The van der Waals surface area contributed by atoms with E-state index in [1.165, 1.54) is 4.90 Å². The van der Waals surface area contributed by atoms with Crippen molar-refractivity contribution >= 4 is 41.0 Å². The number of nitrogens with two attached hydrogens (primary N) is 1. The quantitative estimate of drug-likeness (QED) is 0.521. The fraction of sp³-hybridized carbons (Fsp3) is 0.353. The van der Waals surface area contributed by atoms with Gasteiger partial charge in [-0.05, 0) is 36.6 Å². The fourth-order valence-electron chi connectivity index (χ4n) is 2.99. The minimum Gasteiger partial charge on any atom is -0.394 e. The van der Waals surface area contributed by atoms with E-state index >= 15 is 0 Å². The smallest absolute Gasteiger partial charge is 0.248 e. The predicted octanol–water partition coefficient (Wildman–Crippen LogP) is 0.518. The summed E-state index contributed by atoms with van der Waals surface area (Å²) in [5.41, 5.74) is 6.10. The maximum absolute atomic E-state index is 12.7. The molecule has 28 heavy (non-hydrogen) atoms. The number of anilines is 3. The van der Waals surface area contributed by atoms with Crippen LogP contribution in [0.2, 0.25) is 5.28 Å². The predicted molar refractivity (Wildman–Crippen MR) is 103 cm³/mol. The van der Waals surface area contributed by atoms with Crippen molar-refractivity contribution < 1.29 is 14.7 Å². The van der Waals surface area contributed by atoms with E-state index in [9.17, 15) is 14.7 Å². The summed E-state index contributed by atoms with van der Waals surface area (Å²) in [6.45, 7) is -0.130. The van der Waals surface area contributed by atoms with E-state index in [1.54, 1.807) is 0 Å². The number of aromatic nitrogens is 3. The van der Waals surface area contributed by atoms with Crippen LogP contribution in [0.25, 0.3) is 0 Å². The Hall–Kier alpha value is -2.98. The summed E-state index contributed by atoms with van der Waals surface area (Å²) in [5, 5.41) is 15.3. The molecule has 0 saturated carbocycles. The van der Waals surface area contributed by atoms with Crippen molar-refractivity contribution in [1.29, 1.82) is 0 Å². The van der Waals surface area contributed by atoms with Crippen molar-refractivity contribution in [2.45, 2.75) is 24.9 Å². The third-order valence-electron chi connectivity index (χ3n) is 4.29. The Morgan fingerprint density at radius 1 is 1.25 bits per heavy atom. The molecular formula is C17H20ClN7O3. The minimum absolute atomic E-state index is 0.0145. The first-order valence-corrected chi connectivity index (χ1v) is 9.06. The second-order valence-corrected chi connectivity index (χ2v) is 6.55. The Labute approximate surface area is 166 Å². The summed E-state index contributed by atoms with van der Waals surface area (Å²) in [6, 6.07) is 7.47. The van der Waals surface area contributed by atoms with Crippen LogP contribution in [0.5, 0.6) is 0 Å². The van der Waals surface area contributed by atoms with Gasteiger partial charge in [0.15, 0.2) is 0 Å². The highest BCUT2D eigenvalue weighted by atomic mass is 35.5. The van der Waals surface area contributed by atoms with Gasteiger partial charge in [-0.3, -0.25) is 9.59 Å². The number of para-hydroxylation sites is 1. The molecule has 10 nitrogen and oxygen atoms in total. The van der Waals surface area contributed by atoms with Crippen LogP contribution in [0.3, 0.4) is 0 Å². The number of carbonyl (C=O) groups excluding carboxylic acids is 2. The van der Waals surface area contributed by atoms with Gasteiger partial charge in [0.1, 0.15) is 12.1 Å². The van der Waals surface area contributed by atoms with Crippen LogP contribution in [-0.4, -0.2) is 62.0 Å². The molecule has 0 spiro atoms. The van der Waals surface area contributed by atoms with Crippen molar-refractivity contribution in [3.05, 3.63) is 35.6 Å². The van der Waals surface area contributed by atoms with Gasteiger partial charge in [0.05, 0.1) is 6.61 Å². The molecule has 148 valence electrons. The van der Waals surface area contributed by atoms with Gasteiger partial charge in [0.25, 0.3) is 0 Å². The zero-order chi connectivity index (χ0) is 20.1. The van der Waals surface area contributed by atoms with Crippen molar-refractivity contribution in [2.24, 2.45) is 5.73 Å². The Morgan fingerprint density at radius 2 is 1.96 bits per heavy atom. The van der Waals surface area contributed by atoms with Gasteiger partial charge >= 0.3 is 0 Å². The van der Waals surface area contributed by atoms with Gasteiger partial charge in [-0.25, -0.2) is 0 Å². The van der Waals surface area contributed by atoms with Crippen molar-refractivity contribution in [3.63, 3.8) is 0 Å². The van der Waals surface area contributed by atoms with Crippen molar-refractivity contribution in [3.8, 4) is 0 Å². The topological polar surface area (TPSA) is 146 Å². The Kier molecular flexibility index (Phi) is 6.22. The first-order valence-electron chi connectivity index (χ1n) is 8.69. The van der Waals surface area contributed by atoms with E-state index < -0.39 is 30.5 Å². The molecule has 0 aliphatic carbocycles. The van der Waals surface area contributed by atoms with Crippen molar-refractivity contribution in [1.82, 2.24) is 19.9 Å². The highest BCUT2D eigenvalue weighted by Gasteiger charge is 2.36. The highest BCUT2D eigenvalue weighted by Crippen LogP contribution is 2.20. The van der Waals surface area contributed by atoms with Gasteiger partial charge < -0.3 is 26.4 Å². The first-order chi connectivity index (χ1) is 13.5. The second-order valence-electron chi connectivity index (χ2n) is 6.21. The fourth-order valence-corrected chi connectivity index (χ4v) is 3.15. The van der Waals surface area contributed by atoms with Crippen LogP contribution >= 0.6 is 11.6 Å². The summed E-state index contributed by atoms with van der Waals surface area (Å²) in [6.07, 6.45) is 1.17. The molecule has 1 aromatic carbocycles. The normalized spacial score (nSPS) is 17.2. The summed E-state index contributed by atoms with van der Waals surface area (Å²) in [5.74, 6) is -0.840. The van der Waals surface area contributed by atoms with Gasteiger partial charge in [0, 0.05) is 12.2 Å². The number of aliphatic hydroxyl groups is 1. The highest BCUT2D eigenvalue weighted by molar-refractivity contribution is 6.28. The molecule has 2 atom stereocenters. The van der Waals surface area contributed by atoms with E-state index in [1.807, 2.05) is 30.3 Å². The number of aliphatic hydroxyl groups excluding tert-OH is 1. The number of hydrogen-bond acceptors (Lipinski definition) is 8. The number of nitrogens with zero attached hydrogens (tertiary/aromatic N) is 4. The summed E-state index contributed by atoms with van der Waals surface area (Å²) in [4.78, 5) is 37.7. The number of nitrogens with one attached hydrogen (secondary N) is 2. The lowest BCUT2D eigenvalue weighted by atomic mass is 10.2. The summed E-state index contributed by atoms with van der Waals surface area (Å²) < 4.78 is 0. The second kappa shape index (κ2) is 8.81. The number of amides is 2. The first kappa shape index (κ1) is 19.8. The van der Waals surface area contributed by atoms with E-state index in [0.717, 1.165) is 5.69 Å². The van der Waals surface area contributed by atoms with Crippen LogP contribution in [0.1, 0.15) is 12.8 Å². The van der Waals surface area contributed by atoms with Crippen LogP contribution in [-0.2, 0) is 9.59 Å². The molecule has 0 bridgehead atoms. The average Bonchev–Trinajstić information content (AvgIpc) is 3.16. The SMILES string of the molecule is NC(=O)[C@@H]1CCCN1C(=O)[C@H](CO)Nc1nc(Cl)nc(Nc2ccccc2)n1. The molecule has 1 aliphatic heterocycles. The molecule has 2 amide bonds. The van der Waals surface area contributed by atoms with Gasteiger partial charge in [-0.2, -0.15) is 15.0 Å². The number of likely N-dealkylation sites (tertiary alicyclic amines) is 1. The minimum atomic E-state index is -1.05. The van der Waals surface area contributed by atoms with Crippen LogP contribution in [0.4, 0.5) is 17.6 Å². The molecule has 3 rings (SSSR count). The molecule has 0 unspecified atom stereocenters. The number of benzene rings is 1. The lowest BCUT2D eigenvalue weighted by Gasteiger charge is -2.26. The molecule has 1 saturated heterocycles. The third kappa shape index (κ3) is 4.65. The molecule has 0 radical (unpaired) electrons. The zero-order valence-electron chi connectivity index (χ0n) is 14.9. The number of carbonyl (C=O) groups is 2. The summed E-state index contributed by atoms with van der Waals surface area (Å²) >= 11 is 5.95. The average molecular weight is 406 g/mol. The molecular weight excluding hydrogens is 386 g/mol. The third-order valence-corrected chi connectivity index (χ3v) is 4.46. The van der Waals surface area contributed by atoms with Crippen molar-refractivity contribution in [2.75, 3.05) is 23.8 Å². The molecule has 2 heterocycles. The van der Waals surface area contributed by atoms with Crippen LogP contribution in [0.15, 0.2) is 30.3 Å². The maximum Gasteiger partial charge on any atom is 0.248 e. The lowest BCUT2D eigenvalue weighted by molar-refractivity contribution is -0.138. The number of rotatable bonds is 7.